The summed E-state index contributed by atoms with van der Waals surface area (Å²) in [7, 11) is 1.67. The van der Waals surface area contributed by atoms with Gasteiger partial charge in [0.05, 0.1) is 12.4 Å². The number of Topliss-reactive ketones (excluding diaryl/α,β-unsaturated/α-hetero) is 1. The van der Waals surface area contributed by atoms with E-state index in [1.165, 1.54) is 19.3 Å². The highest BCUT2D eigenvalue weighted by Crippen LogP contribution is 2.61. The first-order valence-corrected chi connectivity index (χ1v) is 12.6. The van der Waals surface area contributed by atoms with Gasteiger partial charge in [-0.05, 0) is 101 Å². The van der Waals surface area contributed by atoms with Crippen LogP contribution in [0, 0.1) is 23.2 Å². The Morgan fingerprint density at radius 2 is 1.61 bits per heavy atom. The molecule has 0 saturated heterocycles. The van der Waals surface area contributed by atoms with E-state index in [2.05, 4.69) is 35.5 Å². The second-order valence-corrected chi connectivity index (χ2v) is 11.6. The van der Waals surface area contributed by atoms with E-state index in [0.29, 0.717) is 5.78 Å². The van der Waals surface area contributed by atoms with Gasteiger partial charge in [0.1, 0.15) is 5.75 Å². The van der Waals surface area contributed by atoms with Crippen LogP contribution in [0.2, 0.25) is 0 Å². The predicted molar refractivity (Wildman–Crippen MR) is 123 cm³/mol. The Morgan fingerprint density at radius 1 is 1.03 bits per heavy atom. The molecule has 0 N–H and O–H groups in total. The molecule has 0 amide bonds. The Morgan fingerprint density at radius 3 is 2.13 bits per heavy atom. The van der Waals surface area contributed by atoms with Gasteiger partial charge in [0.15, 0.2) is 16.8 Å². The minimum absolute atomic E-state index is 0.0668. The maximum Gasteiger partial charge on any atom is 0.192 e. The normalized spacial score (nSPS) is 30.0. The molecule has 0 radical (unpaired) electrons. The highest BCUT2D eigenvalue weighted by molar-refractivity contribution is 8.00. The van der Waals surface area contributed by atoms with Crippen molar-refractivity contribution in [3.05, 3.63) is 24.3 Å². The molecular formula is C25H33N3O2S. The third-order valence-corrected chi connectivity index (χ3v) is 8.80. The number of nitrogens with zero attached hydrogens (tertiary/aromatic N) is 3. The molecule has 1 atom stereocenters. The molecule has 1 heterocycles. The lowest BCUT2D eigenvalue weighted by Gasteiger charge is -2.56. The van der Waals surface area contributed by atoms with Crippen LogP contribution in [0.1, 0.15) is 65.3 Å². The number of ketones is 1. The van der Waals surface area contributed by atoms with Crippen molar-refractivity contribution in [1.82, 2.24) is 14.8 Å². The van der Waals surface area contributed by atoms with Gasteiger partial charge in [-0.3, -0.25) is 9.36 Å². The summed E-state index contributed by atoms with van der Waals surface area (Å²) in [4.78, 5) is 13.7. The van der Waals surface area contributed by atoms with Crippen LogP contribution in [-0.2, 0) is 4.79 Å². The molecule has 4 aliphatic carbocycles. The Labute approximate surface area is 189 Å². The molecular weight excluding hydrogens is 406 g/mol. The molecule has 4 bridgehead atoms. The third-order valence-electron chi connectivity index (χ3n) is 7.74. The van der Waals surface area contributed by atoms with Crippen LogP contribution < -0.4 is 4.74 Å². The lowest BCUT2D eigenvalue weighted by Crippen LogP contribution is -2.51. The molecule has 4 saturated carbocycles. The van der Waals surface area contributed by atoms with Crippen molar-refractivity contribution in [2.24, 2.45) is 23.2 Å². The van der Waals surface area contributed by atoms with Crippen molar-refractivity contribution in [3.63, 3.8) is 0 Å². The summed E-state index contributed by atoms with van der Waals surface area (Å²) in [5.74, 6) is 4.48. The second kappa shape index (κ2) is 7.95. The smallest absolute Gasteiger partial charge is 0.192 e. The lowest BCUT2D eigenvalue weighted by atomic mass is 9.48. The fourth-order valence-corrected chi connectivity index (χ4v) is 7.99. The Balaban J connectivity index is 1.38. The maximum absolute atomic E-state index is 13.7. The van der Waals surface area contributed by atoms with E-state index in [0.717, 1.165) is 59.3 Å². The highest BCUT2D eigenvalue weighted by atomic mass is 32.2. The van der Waals surface area contributed by atoms with Crippen molar-refractivity contribution < 1.29 is 9.53 Å². The molecule has 0 aliphatic heterocycles. The van der Waals surface area contributed by atoms with Crippen LogP contribution in [0.25, 0.3) is 11.4 Å². The molecule has 31 heavy (non-hydrogen) atoms. The predicted octanol–water partition coefficient (Wildman–Crippen LogP) is 5.80. The summed E-state index contributed by atoms with van der Waals surface area (Å²) in [5, 5.41) is 9.77. The van der Waals surface area contributed by atoms with Crippen molar-refractivity contribution in [1.29, 1.82) is 0 Å². The zero-order valence-corrected chi connectivity index (χ0v) is 19.8. The first-order chi connectivity index (χ1) is 14.9. The van der Waals surface area contributed by atoms with E-state index in [1.807, 2.05) is 24.3 Å². The standard InChI is InChI=1S/C25H33N3O2S/c1-15(2)28-23(20-5-7-21(30-4)8-6-20)26-27-24(28)31-16(3)22(29)25-12-17-9-18(13-25)11-19(10-17)14-25/h5-8,15-19H,9-14H2,1-4H3/t16-,17?,18?,19?,25?/m0/s1. The van der Waals surface area contributed by atoms with Crippen molar-refractivity contribution >= 4 is 17.5 Å². The van der Waals surface area contributed by atoms with E-state index < -0.39 is 0 Å². The van der Waals surface area contributed by atoms with Crippen LogP contribution in [0.5, 0.6) is 5.75 Å². The second-order valence-electron chi connectivity index (χ2n) is 10.3. The van der Waals surface area contributed by atoms with Gasteiger partial charge in [-0.15, -0.1) is 10.2 Å². The molecule has 1 aromatic heterocycles. The fraction of sp³-hybridized carbons (Fsp3) is 0.640. The average Bonchev–Trinajstić information content (AvgIpc) is 3.16. The first-order valence-electron chi connectivity index (χ1n) is 11.7. The molecule has 6 rings (SSSR count). The third kappa shape index (κ3) is 3.71. The number of carbonyl (C=O) groups is 1. The van der Waals surface area contributed by atoms with Gasteiger partial charge in [0.2, 0.25) is 0 Å². The zero-order valence-electron chi connectivity index (χ0n) is 19.0. The quantitative estimate of drug-likeness (QED) is 0.510. The molecule has 2 aromatic rings. The minimum atomic E-state index is -0.0957. The van der Waals surface area contributed by atoms with Crippen molar-refractivity contribution in [2.75, 3.05) is 7.11 Å². The van der Waals surface area contributed by atoms with Gasteiger partial charge < -0.3 is 4.74 Å². The minimum Gasteiger partial charge on any atom is -0.497 e. The van der Waals surface area contributed by atoms with Gasteiger partial charge >= 0.3 is 0 Å². The topological polar surface area (TPSA) is 57.0 Å². The molecule has 1 aromatic carbocycles. The first kappa shape index (κ1) is 21.0. The van der Waals surface area contributed by atoms with E-state index >= 15 is 0 Å². The Hall–Kier alpha value is -1.82. The summed E-state index contributed by atoms with van der Waals surface area (Å²) >= 11 is 1.59. The average molecular weight is 440 g/mol. The SMILES string of the molecule is COc1ccc(-c2nnc(S[C@@H](C)C(=O)C34CC5CC(CC(C5)C3)C4)n2C(C)C)cc1. The van der Waals surface area contributed by atoms with Crippen LogP contribution in [0.15, 0.2) is 29.4 Å². The summed E-state index contributed by atoms with van der Waals surface area (Å²) in [6.45, 7) is 6.37. The van der Waals surface area contributed by atoms with Crippen LogP contribution in [-0.4, -0.2) is 32.9 Å². The zero-order chi connectivity index (χ0) is 21.8. The van der Waals surface area contributed by atoms with E-state index in [9.17, 15) is 4.79 Å². The number of hydrogen-bond acceptors (Lipinski definition) is 5. The molecule has 5 nitrogen and oxygen atoms in total. The van der Waals surface area contributed by atoms with Crippen LogP contribution in [0.4, 0.5) is 0 Å². The van der Waals surface area contributed by atoms with Gasteiger partial charge in [-0.25, -0.2) is 0 Å². The van der Waals surface area contributed by atoms with E-state index in [1.54, 1.807) is 18.9 Å². The lowest BCUT2D eigenvalue weighted by molar-refractivity contribution is -0.143. The van der Waals surface area contributed by atoms with Gasteiger partial charge in [-0.2, -0.15) is 0 Å². The number of ether oxygens (including phenoxy) is 1. The number of aromatic nitrogens is 3. The largest absolute Gasteiger partial charge is 0.497 e. The van der Waals surface area contributed by atoms with Crippen LogP contribution >= 0.6 is 11.8 Å². The number of carbonyl (C=O) groups excluding carboxylic acids is 1. The van der Waals surface area contributed by atoms with Gasteiger partial charge in [0, 0.05) is 17.0 Å². The van der Waals surface area contributed by atoms with Gasteiger partial charge in [-0.1, -0.05) is 11.8 Å². The molecule has 6 heteroatoms. The van der Waals surface area contributed by atoms with Crippen molar-refractivity contribution in [2.45, 2.75) is 75.7 Å². The van der Waals surface area contributed by atoms with E-state index in [4.69, 9.17) is 4.74 Å². The molecule has 0 unspecified atom stereocenters. The molecule has 0 spiro atoms. The van der Waals surface area contributed by atoms with Crippen LogP contribution in [0.3, 0.4) is 0 Å². The highest BCUT2D eigenvalue weighted by Gasteiger charge is 2.55. The summed E-state index contributed by atoms with van der Waals surface area (Å²) < 4.78 is 7.45. The fourth-order valence-electron chi connectivity index (χ4n) is 6.82. The Bertz CT molecular complexity index is 930. The summed E-state index contributed by atoms with van der Waals surface area (Å²) in [6, 6.07) is 8.12. The summed E-state index contributed by atoms with van der Waals surface area (Å²) in [5.41, 5.74) is 0.941. The van der Waals surface area contributed by atoms with Crippen molar-refractivity contribution in [3.8, 4) is 17.1 Å². The number of methoxy groups -OCH3 is 1. The molecule has 166 valence electrons. The monoisotopic (exact) mass is 439 g/mol. The Kier molecular flexibility index (Phi) is 5.40. The number of rotatable bonds is 7. The number of benzene rings is 1. The molecule has 4 aliphatic rings. The number of thioether (sulfide) groups is 1. The molecule has 4 fully saturated rings. The van der Waals surface area contributed by atoms with Gasteiger partial charge in [0.25, 0.3) is 0 Å². The maximum atomic E-state index is 13.7. The summed E-state index contributed by atoms with van der Waals surface area (Å²) in [6.07, 6.45) is 7.45. The van der Waals surface area contributed by atoms with E-state index in [-0.39, 0.29) is 16.7 Å². The number of hydrogen-bond donors (Lipinski definition) is 0.